The van der Waals surface area contributed by atoms with Crippen molar-refractivity contribution in [2.75, 3.05) is 18.4 Å². The monoisotopic (exact) mass is 298 g/mol. The van der Waals surface area contributed by atoms with Crippen LogP contribution in [0.1, 0.15) is 39.5 Å². The van der Waals surface area contributed by atoms with Crippen molar-refractivity contribution in [2.24, 2.45) is 0 Å². The SMILES string of the molecule is CCCCN(CCCC)C(=O)Nc1cccc2ccccc12. The maximum atomic E-state index is 12.6. The van der Waals surface area contributed by atoms with Gasteiger partial charge in [0.1, 0.15) is 0 Å². The molecule has 0 radical (unpaired) electrons. The van der Waals surface area contributed by atoms with Gasteiger partial charge in [-0.3, -0.25) is 0 Å². The summed E-state index contributed by atoms with van der Waals surface area (Å²) < 4.78 is 0. The fourth-order valence-corrected chi connectivity index (χ4v) is 2.54. The van der Waals surface area contributed by atoms with Crippen LogP contribution in [0.4, 0.5) is 10.5 Å². The van der Waals surface area contributed by atoms with E-state index >= 15 is 0 Å². The molecule has 3 nitrogen and oxygen atoms in total. The average Bonchev–Trinajstić information content (AvgIpc) is 2.55. The molecule has 0 saturated carbocycles. The molecule has 0 aliphatic rings. The maximum Gasteiger partial charge on any atom is 0.321 e. The van der Waals surface area contributed by atoms with E-state index in [1.165, 1.54) is 0 Å². The molecule has 0 aromatic heterocycles. The lowest BCUT2D eigenvalue weighted by atomic mass is 10.1. The van der Waals surface area contributed by atoms with Gasteiger partial charge in [0.25, 0.3) is 0 Å². The molecule has 0 aliphatic heterocycles. The molecule has 1 N–H and O–H groups in total. The van der Waals surface area contributed by atoms with Gasteiger partial charge in [0.15, 0.2) is 0 Å². The number of unbranched alkanes of at least 4 members (excludes halogenated alkanes) is 2. The quantitative estimate of drug-likeness (QED) is 0.741. The lowest BCUT2D eigenvalue weighted by Crippen LogP contribution is -2.36. The van der Waals surface area contributed by atoms with E-state index < -0.39 is 0 Å². The van der Waals surface area contributed by atoms with E-state index in [1.807, 2.05) is 35.2 Å². The Morgan fingerprint density at radius 1 is 0.955 bits per heavy atom. The van der Waals surface area contributed by atoms with Crippen LogP contribution in [0.25, 0.3) is 10.8 Å². The van der Waals surface area contributed by atoms with E-state index in [-0.39, 0.29) is 6.03 Å². The second-order valence-electron chi connectivity index (χ2n) is 5.65. The largest absolute Gasteiger partial charge is 0.325 e. The Hall–Kier alpha value is -2.03. The predicted molar refractivity (Wildman–Crippen MR) is 94.4 cm³/mol. The Balaban J connectivity index is 2.13. The fourth-order valence-electron chi connectivity index (χ4n) is 2.54. The van der Waals surface area contributed by atoms with Gasteiger partial charge in [0.05, 0.1) is 5.69 Å². The van der Waals surface area contributed by atoms with Gasteiger partial charge in [-0.15, -0.1) is 0 Å². The van der Waals surface area contributed by atoms with Gasteiger partial charge in [-0.1, -0.05) is 63.1 Å². The van der Waals surface area contributed by atoms with E-state index in [0.717, 1.165) is 55.2 Å². The molecule has 2 amide bonds. The first-order valence-electron chi connectivity index (χ1n) is 8.30. The fraction of sp³-hybridized carbons (Fsp3) is 0.421. The molecule has 118 valence electrons. The number of fused-ring (bicyclic) bond motifs is 1. The van der Waals surface area contributed by atoms with Crippen LogP contribution in [0.5, 0.6) is 0 Å². The van der Waals surface area contributed by atoms with Crippen LogP contribution < -0.4 is 5.32 Å². The second kappa shape index (κ2) is 8.42. The summed E-state index contributed by atoms with van der Waals surface area (Å²) in [6, 6.07) is 14.2. The molecular formula is C19H26N2O. The first-order valence-corrected chi connectivity index (χ1v) is 8.30. The Kier molecular flexibility index (Phi) is 6.26. The molecule has 0 aliphatic carbocycles. The number of hydrogen-bond acceptors (Lipinski definition) is 1. The van der Waals surface area contributed by atoms with Gasteiger partial charge in [-0.25, -0.2) is 4.79 Å². The highest BCUT2D eigenvalue weighted by Gasteiger charge is 2.13. The van der Waals surface area contributed by atoms with Crippen molar-refractivity contribution >= 4 is 22.5 Å². The summed E-state index contributed by atoms with van der Waals surface area (Å²) in [4.78, 5) is 14.5. The van der Waals surface area contributed by atoms with Crippen molar-refractivity contribution in [2.45, 2.75) is 39.5 Å². The molecule has 22 heavy (non-hydrogen) atoms. The van der Waals surface area contributed by atoms with Crippen molar-refractivity contribution in [1.82, 2.24) is 4.90 Å². The van der Waals surface area contributed by atoms with Gasteiger partial charge in [0, 0.05) is 18.5 Å². The number of benzene rings is 2. The number of carbonyl (C=O) groups excluding carboxylic acids is 1. The Morgan fingerprint density at radius 3 is 2.27 bits per heavy atom. The maximum absolute atomic E-state index is 12.6. The number of anilines is 1. The smallest absolute Gasteiger partial charge is 0.321 e. The molecule has 0 atom stereocenters. The number of hydrogen-bond donors (Lipinski definition) is 1. The summed E-state index contributed by atoms with van der Waals surface area (Å²) in [5.74, 6) is 0. The van der Waals surface area contributed by atoms with E-state index in [1.54, 1.807) is 0 Å². The van der Waals surface area contributed by atoms with Crippen LogP contribution in [-0.4, -0.2) is 24.0 Å². The van der Waals surface area contributed by atoms with Gasteiger partial charge >= 0.3 is 6.03 Å². The Morgan fingerprint density at radius 2 is 1.59 bits per heavy atom. The van der Waals surface area contributed by atoms with Crippen LogP contribution in [-0.2, 0) is 0 Å². The third kappa shape index (κ3) is 4.23. The summed E-state index contributed by atoms with van der Waals surface area (Å²) in [5.41, 5.74) is 0.890. The first kappa shape index (κ1) is 16.3. The van der Waals surface area contributed by atoms with E-state index in [0.29, 0.717) is 0 Å². The Labute approximate surface area is 133 Å². The predicted octanol–water partition coefficient (Wildman–Crippen LogP) is 5.27. The van der Waals surface area contributed by atoms with Crippen LogP contribution in [0.2, 0.25) is 0 Å². The van der Waals surface area contributed by atoms with E-state index in [4.69, 9.17) is 0 Å². The molecule has 0 bridgehead atoms. The number of carbonyl (C=O) groups is 1. The number of nitrogens with one attached hydrogen (secondary N) is 1. The summed E-state index contributed by atoms with van der Waals surface area (Å²) in [6.45, 7) is 5.96. The van der Waals surface area contributed by atoms with Crippen molar-refractivity contribution in [3.63, 3.8) is 0 Å². The molecule has 0 unspecified atom stereocenters. The molecule has 3 heteroatoms. The standard InChI is InChI=1S/C19H26N2O/c1-3-5-14-21(15-6-4-2)19(22)20-18-13-9-11-16-10-7-8-12-17(16)18/h7-13H,3-6,14-15H2,1-2H3,(H,20,22). The molecule has 0 fully saturated rings. The zero-order chi connectivity index (χ0) is 15.8. The minimum Gasteiger partial charge on any atom is -0.325 e. The molecule has 0 saturated heterocycles. The number of rotatable bonds is 7. The number of urea groups is 1. The minimum atomic E-state index is 0.0123. The van der Waals surface area contributed by atoms with Crippen molar-refractivity contribution in [3.8, 4) is 0 Å². The summed E-state index contributed by atoms with van der Waals surface area (Å²) in [6.07, 6.45) is 4.30. The highest BCUT2D eigenvalue weighted by atomic mass is 16.2. The number of amides is 2. The van der Waals surface area contributed by atoms with Crippen molar-refractivity contribution < 1.29 is 4.79 Å². The molecule has 0 heterocycles. The summed E-state index contributed by atoms with van der Waals surface area (Å²) in [7, 11) is 0. The molecule has 2 rings (SSSR count). The molecule has 2 aromatic rings. The third-order valence-corrected chi connectivity index (χ3v) is 3.88. The summed E-state index contributed by atoms with van der Waals surface area (Å²) in [5, 5.41) is 5.32. The van der Waals surface area contributed by atoms with Gasteiger partial charge in [-0.2, -0.15) is 0 Å². The molecular weight excluding hydrogens is 272 g/mol. The van der Waals surface area contributed by atoms with Gasteiger partial charge in [0.2, 0.25) is 0 Å². The topological polar surface area (TPSA) is 32.3 Å². The normalized spacial score (nSPS) is 10.6. The van der Waals surface area contributed by atoms with Crippen LogP contribution in [0.3, 0.4) is 0 Å². The highest BCUT2D eigenvalue weighted by Crippen LogP contribution is 2.23. The second-order valence-corrected chi connectivity index (χ2v) is 5.65. The zero-order valence-electron chi connectivity index (χ0n) is 13.6. The van der Waals surface area contributed by atoms with Crippen LogP contribution in [0.15, 0.2) is 42.5 Å². The molecule has 2 aromatic carbocycles. The van der Waals surface area contributed by atoms with E-state index in [9.17, 15) is 4.79 Å². The lowest BCUT2D eigenvalue weighted by molar-refractivity contribution is 0.210. The highest BCUT2D eigenvalue weighted by molar-refractivity contribution is 6.01. The average molecular weight is 298 g/mol. The number of nitrogens with zero attached hydrogens (tertiary/aromatic N) is 1. The van der Waals surface area contributed by atoms with Gasteiger partial charge < -0.3 is 10.2 Å². The first-order chi connectivity index (χ1) is 10.8. The Bertz CT molecular complexity index is 596. The third-order valence-electron chi connectivity index (χ3n) is 3.88. The minimum absolute atomic E-state index is 0.0123. The van der Waals surface area contributed by atoms with Gasteiger partial charge in [-0.05, 0) is 24.3 Å². The molecule has 0 spiro atoms. The summed E-state index contributed by atoms with van der Waals surface area (Å²) >= 11 is 0. The van der Waals surface area contributed by atoms with Crippen molar-refractivity contribution in [1.29, 1.82) is 0 Å². The van der Waals surface area contributed by atoms with Crippen LogP contribution in [0, 0.1) is 0 Å². The van der Waals surface area contributed by atoms with Crippen LogP contribution >= 0.6 is 0 Å². The lowest BCUT2D eigenvalue weighted by Gasteiger charge is -2.23. The van der Waals surface area contributed by atoms with E-state index in [2.05, 4.69) is 31.3 Å². The zero-order valence-corrected chi connectivity index (χ0v) is 13.6. The van der Waals surface area contributed by atoms with Crippen molar-refractivity contribution in [3.05, 3.63) is 42.5 Å².